The third-order valence-electron chi connectivity index (χ3n) is 4.97. The molecule has 0 saturated heterocycles. The van der Waals surface area contributed by atoms with Crippen LogP contribution in [0, 0.1) is 5.82 Å². The maximum absolute atomic E-state index is 14.9. The molecule has 0 aliphatic carbocycles. The van der Waals surface area contributed by atoms with Crippen molar-refractivity contribution in [3.8, 4) is 11.1 Å². The molecular formula is C23H13F4N3O4. The molecule has 7 nitrogen and oxygen atoms in total. The first-order chi connectivity index (χ1) is 16.0. The number of fused-ring (bicyclic) bond motifs is 1. The minimum atomic E-state index is -4.58. The Kier molecular flexibility index (Phi) is 5.61. The standard InChI is InChI=1S/C23H13F4N3O4/c24-18-9-13(30-22(34)29-12-3-1-2-11(8-12)23(25,26)27)4-5-15(18)14-6-7-16(21(32)33)19-17(14)10-28-20(19)31/h1-10H,(H,32,33)(H2,29,30,34). The Morgan fingerprint density at radius 2 is 1.59 bits per heavy atom. The van der Waals surface area contributed by atoms with Gasteiger partial charge in [0.2, 0.25) is 0 Å². The highest BCUT2D eigenvalue weighted by Crippen LogP contribution is 2.34. The number of carboxylic acid groups (broad SMARTS) is 1. The summed E-state index contributed by atoms with van der Waals surface area (Å²) >= 11 is 0. The molecule has 1 aliphatic rings. The molecule has 0 unspecified atom stereocenters. The number of alkyl halides is 3. The number of carbonyl (C=O) groups excluding carboxylic acids is 2. The molecule has 0 spiro atoms. The van der Waals surface area contributed by atoms with E-state index in [1.54, 1.807) is 0 Å². The quantitative estimate of drug-likeness (QED) is 0.441. The van der Waals surface area contributed by atoms with Crippen LogP contribution < -0.4 is 10.6 Å². The Bertz CT molecular complexity index is 1380. The molecule has 0 aromatic heterocycles. The SMILES string of the molecule is O=C(Nc1cccc(C(F)(F)F)c1)Nc1ccc(-c2ccc(C(=O)O)c3c2C=NC3=O)c(F)c1. The summed E-state index contributed by atoms with van der Waals surface area (Å²) in [6.07, 6.45) is -3.42. The molecule has 0 saturated carbocycles. The van der Waals surface area contributed by atoms with Gasteiger partial charge in [0.15, 0.2) is 0 Å². The van der Waals surface area contributed by atoms with Gasteiger partial charge in [-0.3, -0.25) is 4.79 Å². The Labute approximate surface area is 188 Å². The molecule has 11 heteroatoms. The monoisotopic (exact) mass is 471 g/mol. The van der Waals surface area contributed by atoms with Gasteiger partial charge in [-0.05, 0) is 48.0 Å². The lowest BCUT2D eigenvalue weighted by atomic mass is 9.93. The van der Waals surface area contributed by atoms with Crippen LogP contribution in [-0.4, -0.2) is 29.2 Å². The van der Waals surface area contributed by atoms with Crippen molar-refractivity contribution in [1.82, 2.24) is 0 Å². The van der Waals surface area contributed by atoms with Gasteiger partial charge in [0, 0.05) is 28.7 Å². The number of amides is 3. The first-order valence-electron chi connectivity index (χ1n) is 9.58. The molecule has 34 heavy (non-hydrogen) atoms. The van der Waals surface area contributed by atoms with Crippen molar-refractivity contribution in [2.24, 2.45) is 4.99 Å². The second-order valence-corrected chi connectivity index (χ2v) is 7.17. The fraction of sp³-hybridized carbons (Fsp3) is 0.0435. The molecule has 172 valence electrons. The summed E-state index contributed by atoms with van der Waals surface area (Å²) in [4.78, 5) is 39.1. The summed E-state index contributed by atoms with van der Waals surface area (Å²) in [5.41, 5.74) is -1.03. The number of carboxylic acids is 1. The van der Waals surface area contributed by atoms with Gasteiger partial charge in [0.25, 0.3) is 5.91 Å². The van der Waals surface area contributed by atoms with E-state index in [9.17, 15) is 37.1 Å². The zero-order valence-electron chi connectivity index (χ0n) is 16.9. The van der Waals surface area contributed by atoms with Gasteiger partial charge in [0.1, 0.15) is 5.82 Å². The number of urea groups is 1. The fourth-order valence-electron chi connectivity index (χ4n) is 3.46. The van der Waals surface area contributed by atoms with E-state index >= 15 is 0 Å². The van der Waals surface area contributed by atoms with E-state index in [1.807, 2.05) is 0 Å². The largest absolute Gasteiger partial charge is 0.478 e. The topological polar surface area (TPSA) is 108 Å². The van der Waals surface area contributed by atoms with Gasteiger partial charge in [-0.15, -0.1) is 0 Å². The van der Waals surface area contributed by atoms with Crippen LogP contribution in [0.4, 0.5) is 33.7 Å². The van der Waals surface area contributed by atoms with Gasteiger partial charge in [-0.1, -0.05) is 12.1 Å². The number of hydrogen-bond acceptors (Lipinski definition) is 3. The number of anilines is 2. The Balaban J connectivity index is 1.56. The van der Waals surface area contributed by atoms with Crippen molar-refractivity contribution in [2.45, 2.75) is 6.18 Å². The highest BCUT2D eigenvalue weighted by molar-refractivity contribution is 6.20. The summed E-state index contributed by atoms with van der Waals surface area (Å²) in [6, 6.07) is 9.27. The van der Waals surface area contributed by atoms with Crippen molar-refractivity contribution in [1.29, 1.82) is 0 Å². The van der Waals surface area contributed by atoms with Crippen molar-refractivity contribution >= 4 is 35.5 Å². The number of rotatable bonds is 4. The van der Waals surface area contributed by atoms with Crippen molar-refractivity contribution in [3.05, 3.63) is 82.7 Å². The third-order valence-corrected chi connectivity index (χ3v) is 4.97. The van der Waals surface area contributed by atoms with Crippen LogP contribution in [-0.2, 0) is 6.18 Å². The number of benzene rings is 3. The second-order valence-electron chi connectivity index (χ2n) is 7.17. The molecule has 1 heterocycles. The van der Waals surface area contributed by atoms with E-state index in [2.05, 4.69) is 15.6 Å². The van der Waals surface area contributed by atoms with Gasteiger partial charge in [-0.2, -0.15) is 13.2 Å². The predicted octanol–water partition coefficient (Wildman–Crippen LogP) is 5.43. The molecule has 0 atom stereocenters. The van der Waals surface area contributed by atoms with Crippen molar-refractivity contribution in [2.75, 3.05) is 10.6 Å². The maximum atomic E-state index is 14.9. The normalized spacial score (nSPS) is 12.4. The summed E-state index contributed by atoms with van der Waals surface area (Å²) in [5, 5.41) is 13.8. The highest BCUT2D eigenvalue weighted by atomic mass is 19.4. The lowest BCUT2D eigenvalue weighted by Crippen LogP contribution is -2.20. The van der Waals surface area contributed by atoms with Gasteiger partial charge >= 0.3 is 18.2 Å². The Morgan fingerprint density at radius 3 is 2.24 bits per heavy atom. The number of halogens is 4. The minimum absolute atomic E-state index is 0.00858. The van der Waals surface area contributed by atoms with E-state index in [1.165, 1.54) is 30.3 Å². The minimum Gasteiger partial charge on any atom is -0.478 e. The van der Waals surface area contributed by atoms with Crippen molar-refractivity contribution in [3.63, 3.8) is 0 Å². The number of hydrogen-bond donors (Lipinski definition) is 3. The molecular weight excluding hydrogens is 458 g/mol. The molecule has 3 amide bonds. The van der Waals surface area contributed by atoms with E-state index in [0.29, 0.717) is 0 Å². The average Bonchev–Trinajstić information content (AvgIpc) is 3.15. The summed E-state index contributed by atoms with van der Waals surface area (Å²) < 4.78 is 53.3. The lowest BCUT2D eigenvalue weighted by Gasteiger charge is -2.13. The smallest absolute Gasteiger partial charge is 0.416 e. The Hall–Kier alpha value is -4.54. The lowest BCUT2D eigenvalue weighted by molar-refractivity contribution is -0.137. The first-order valence-corrected chi connectivity index (χ1v) is 9.58. The highest BCUT2D eigenvalue weighted by Gasteiger charge is 2.30. The second kappa shape index (κ2) is 8.43. The van der Waals surface area contributed by atoms with E-state index in [4.69, 9.17) is 0 Å². The van der Waals surface area contributed by atoms with Gasteiger partial charge < -0.3 is 15.7 Å². The van der Waals surface area contributed by atoms with E-state index in [0.717, 1.165) is 30.5 Å². The number of nitrogens with one attached hydrogen (secondary N) is 2. The van der Waals surface area contributed by atoms with Gasteiger partial charge in [0.05, 0.1) is 16.7 Å². The van der Waals surface area contributed by atoms with E-state index < -0.39 is 35.5 Å². The third kappa shape index (κ3) is 4.35. The molecule has 0 bridgehead atoms. The van der Waals surface area contributed by atoms with Gasteiger partial charge in [-0.25, -0.2) is 19.0 Å². The molecule has 3 aromatic rings. The maximum Gasteiger partial charge on any atom is 0.416 e. The number of aromatic carboxylic acids is 1. The van der Waals surface area contributed by atoms with Crippen molar-refractivity contribution < 1.29 is 37.1 Å². The molecule has 0 radical (unpaired) electrons. The van der Waals surface area contributed by atoms with Crippen LogP contribution in [0.2, 0.25) is 0 Å². The predicted molar refractivity (Wildman–Crippen MR) is 115 cm³/mol. The fourth-order valence-corrected chi connectivity index (χ4v) is 3.46. The summed E-state index contributed by atoms with van der Waals surface area (Å²) in [5.74, 6) is -2.87. The zero-order chi connectivity index (χ0) is 24.6. The molecule has 3 aromatic carbocycles. The van der Waals surface area contributed by atoms with Crippen LogP contribution in [0.1, 0.15) is 31.8 Å². The van der Waals surface area contributed by atoms with Crippen LogP contribution in [0.3, 0.4) is 0 Å². The molecule has 0 fully saturated rings. The van der Waals surface area contributed by atoms with Crippen LogP contribution in [0.5, 0.6) is 0 Å². The molecule has 1 aliphatic heterocycles. The number of aliphatic imine (C=N–C) groups is 1. The molecule has 3 N–H and O–H groups in total. The van der Waals surface area contributed by atoms with E-state index in [-0.39, 0.29) is 39.2 Å². The number of carbonyl (C=O) groups is 3. The molecule has 4 rings (SSSR count). The van der Waals surface area contributed by atoms with Crippen LogP contribution >= 0.6 is 0 Å². The summed E-state index contributed by atoms with van der Waals surface area (Å²) in [6.45, 7) is 0. The number of nitrogens with zero attached hydrogens (tertiary/aromatic N) is 1. The Morgan fingerprint density at radius 1 is 0.912 bits per heavy atom. The first kappa shape index (κ1) is 22.6. The summed E-state index contributed by atoms with van der Waals surface area (Å²) in [7, 11) is 0. The van der Waals surface area contributed by atoms with Crippen LogP contribution in [0.25, 0.3) is 11.1 Å². The average molecular weight is 471 g/mol. The van der Waals surface area contributed by atoms with Crippen LogP contribution in [0.15, 0.2) is 59.6 Å². The zero-order valence-corrected chi connectivity index (χ0v) is 16.9.